The molecule has 0 aliphatic carbocycles. The van der Waals surface area contributed by atoms with Gasteiger partial charge in [-0.15, -0.1) is 0 Å². The summed E-state index contributed by atoms with van der Waals surface area (Å²) in [4.78, 5) is 19.8. The van der Waals surface area contributed by atoms with Crippen molar-refractivity contribution >= 4 is 33.5 Å². The Kier molecular flexibility index (Phi) is 4.01. The van der Waals surface area contributed by atoms with Crippen LogP contribution in [0.1, 0.15) is 12.8 Å². The number of hydrogen-bond donors (Lipinski definition) is 0. The third-order valence-corrected chi connectivity index (χ3v) is 3.59. The number of carbonyl (C=O) groups excluding carboxylic acids is 1. The Bertz CT molecular complexity index is 470. The highest BCUT2D eigenvalue weighted by atomic mass is 79.9. The highest BCUT2D eigenvalue weighted by molar-refractivity contribution is 9.10. The third kappa shape index (κ3) is 2.90. The topological polar surface area (TPSA) is 35.9 Å². The molecule has 1 aliphatic heterocycles. The molecule has 18 heavy (non-hydrogen) atoms. The Morgan fingerprint density at radius 1 is 1.39 bits per heavy atom. The summed E-state index contributed by atoms with van der Waals surface area (Å²) < 4.78 is 0.994. The molecule has 1 saturated heterocycles. The van der Waals surface area contributed by atoms with Gasteiger partial charge in [0.25, 0.3) is 0 Å². The third-order valence-electron chi connectivity index (χ3n) is 3.06. The van der Waals surface area contributed by atoms with E-state index in [-0.39, 0.29) is 6.03 Å². The minimum absolute atomic E-state index is 0.221. The molecule has 0 N–H and O–H groups in total. The molecule has 5 heteroatoms. The maximum Gasteiger partial charge on any atom is 0.349 e. The summed E-state index contributed by atoms with van der Waals surface area (Å²) in [5.41, 5.74) is 0.841. The maximum atomic E-state index is 12.0. The van der Waals surface area contributed by atoms with E-state index in [9.17, 15) is 4.79 Å². The fourth-order valence-electron chi connectivity index (χ4n) is 1.90. The van der Waals surface area contributed by atoms with Crippen LogP contribution >= 0.6 is 15.9 Å². The molecule has 0 unspecified atom stereocenters. The van der Waals surface area contributed by atoms with Crippen LogP contribution in [0.25, 0.3) is 0 Å². The van der Waals surface area contributed by atoms with Gasteiger partial charge >= 0.3 is 6.03 Å². The Morgan fingerprint density at radius 3 is 2.61 bits per heavy atom. The van der Waals surface area contributed by atoms with E-state index in [2.05, 4.69) is 20.9 Å². The molecule has 4 nitrogen and oxygen atoms in total. The molecule has 1 fully saturated rings. The largest absolute Gasteiger partial charge is 0.363 e. The highest BCUT2D eigenvalue weighted by Crippen LogP contribution is 2.18. The van der Waals surface area contributed by atoms with Crippen LogP contribution in [0, 0.1) is 0 Å². The molecule has 96 valence electrons. The normalized spacial score (nSPS) is 17.3. The lowest BCUT2D eigenvalue weighted by atomic mass is 10.3. The van der Waals surface area contributed by atoms with Crippen molar-refractivity contribution in [3.05, 3.63) is 28.7 Å². The van der Waals surface area contributed by atoms with Gasteiger partial charge < -0.3 is 4.90 Å². The number of amidine groups is 1. The van der Waals surface area contributed by atoms with Crippen molar-refractivity contribution in [2.24, 2.45) is 4.99 Å². The highest BCUT2D eigenvalue weighted by Gasteiger charge is 2.17. The minimum Gasteiger partial charge on any atom is -0.363 e. The SMILES string of the molecule is CN1CCC/C1=N/C(=O)N(C)c1ccc(Br)cc1. The number of benzene rings is 1. The van der Waals surface area contributed by atoms with Crippen molar-refractivity contribution in [3.8, 4) is 0 Å². The predicted molar refractivity (Wildman–Crippen MR) is 77.2 cm³/mol. The number of amides is 2. The molecule has 0 atom stereocenters. The number of anilines is 1. The van der Waals surface area contributed by atoms with Crippen LogP contribution in [-0.2, 0) is 0 Å². The van der Waals surface area contributed by atoms with Crippen molar-refractivity contribution in [1.82, 2.24) is 4.90 Å². The van der Waals surface area contributed by atoms with Crippen molar-refractivity contribution in [3.63, 3.8) is 0 Å². The summed E-state index contributed by atoms with van der Waals surface area (Å²) >= 11 is 3.37. The van der Waals surface area contributed by atoms with Crippen LogP contribution in [0.4, 0.5) is 10.5 Å². The molecular weight excluding hydrogens is 294 g/mol. The van der Waals surface area contributed by atoms with E-state index in [4.69, 9.17) is 0 Å². The first kappa shape index (κ1) is 13.1. The zero-order valence-corrected chi connectivity index (χ0v) is 12.1. The van der Waals surface area contributed by atoms with E-state index < -0.39 is 0 Å². The summed E-state index contributed by atoms with van der Waals surface area (Å²) in [5, 5.41) is 0. The molecule has 0 aromatic heterocycles. The average molecular weight is 310 g/mol. The fourth-order valence-corrected chi connectivity index (χ4v) is 2.16. The number of likely N-dealkylation sites (tertiary alicyclic amines) is 1. The molecule has 0 saturated carbocycles. The van der Waals surface area contributed by atoms with Crippen LogP contribution in [0.2, 0.25) is 0 Å². The summed E-state index contributed by atoms with van der Waals surface area (Å²) in [7, 11) is 3.71. The second-order valence-electron chi connectivity index (χ2n) is 4.37. The molecule has 1 heterocycles. The lowest BCUT2D eigenvalue weighted by Gasteiger charge is -2.16. The number of hydrogen-bond acceptors (Lipinski definition) is 1. The number of urea groups is 1. The number of carbonyl (C=O) groups is 1. The predicted octanol–water partition coefficient (Wildman–Crippen LogP) is 3.13. The molecular formula is C13H16BrN3O. The van der Waals surface area contributed by atoms with Gasteiger partial charge in [-0.3, -0.25) is 4.90 Å². The van der Waals surface area contributed by atoms with Crippen molar-refractivity contribution in [2.75, 3.05) is 25.5 Å². The van der Waals surface area contributed by atoms with Crippen LogP contribution < -0.4 is 4.90 Å². The van der Waals surface area contributed by atoms with E-state index in [1.807, 2.05) is 36.2 Å². The van der Waals surface area contributed by atoms with Gasteiger partial charge in [-0.1, -0.05) is 15.9 Å². The number of aliphatic imine (C=N–C) groups is 1. The van der Waals surface area contributed by atoms with Gasteiger partial charge in [0.15, 0.2) is 0 Å². The second kappa shape index (κ2) is 5.52. The van der Waals surface area contributed by atoms with E-state index in [1.165, 1.54) is 0 Å². The van der Waals surface area contributed by atoms with Gasteiger partial charge in [-0.2, -0.15) is 4.99 Å². The van der Waals surface area contributed by atoms with E-state index >= 15 is 0 Å². The quantitative estimate of drug-likeness (QED) is 0.799. The van der Waals surface area contributed by atoms with Gasteiger partial charge in [0.1, 0.15) is 5.84 Å². The maximum absolute atomic E-state index is 12.0. The first-order valence-corrected chi connectivity index (χ1v) is 6.69. The first-order valence-electron chi connectivity index (χ1n) is 5.90. The standard InChI is InChI=1S/C13H16BrN3O/c1-16-9-3-4-12(16)15-13(18)17(2)11-7-5-10(14)6-8-11/h5-8H,3-4,9H2,1-2H3/b15-12-. The van der Waals surface area contributed by atoms with Crippen LogP contribution in [0.15, 0.2) is 33.7 Å². The van der Waals surface area contributed by atoms with E-state index in [0.29, 0.717) is 0 Å². The van der Waals surface area contributed by atoms with Gasteiger partial charge in [-0.05, 0) is 30.7 Å². The van der Waals surface area contributed by atoms with Crippen molar-refractivity contribution < 1.29 is 4.79 Å². The van der Waals surface area contributed by atoms with Gasteiger partial charge in [0.2, 0.25) is 0 Å². The Balaban J connectivity index is 2.11. The number of halogens is 1. The second-order valence-corrected chi connectivity index (χ2v) is 5.29. The summed E-state index contributed by atoms with van der Waals surface area (Å²) in [6, 6.07) is 7.38. The lowest BCUT2D eigenvalue weighted by molar-refractivity contribution is 0.255. The Hall–Kier alpha value is -1.36. The van der Waals surface area contributed by atoms with Gasteiger partial charge in [0, 0.05) is 37.2 Å². The van der Waals surface area contributed by atoms with E-state index in [0.717, 1.165) is 35.4 Å². The molecule has 1 aromatic rings. The summed E-state index contributed by atoms with van der Waals surface area (Å²) in [5.74, 6) is 0.879. The molecule has 1 aromatic carbocycles. The van der Waals surface area contributed by atoms with Crippen LogP contribution in [-0.4, -0.2) is 37.4 Å². The molecule has 0 bridgehead atoms. The molecule has 2 amide bonds. The Labute approximate surface area is 115 Å². The summed E-state index contributed by atoms with van der Waals surface area (Å²) in [6.07, 6.45) is 1.96. The zero-order valence-electron chi connectivity index (χ0n) is 10.6. The monoisotopic (exact) mass is 309 g/mol. The van der Waals surface area contributed by atoms with Crippen molar-refractivity contribution in [1.29, 1.82) is 0 Å². The number of nitrogens with zero attached hydrogens (tertiary/aromatic N) is 3. The Morgan fingerprint density at radius 2 is 2.06 bits per heavy atom. The average Bonchev–Trinajstić information content (AvgIpc) is 2.75. The van der Waals surface area contributed by atoms with Gasteiger partial charge in [0.05, 0.1) is 0 Å². The molecule has 0 radical (unpaired) electrons. The molecule has 0 spiro atoms. The van der Waals surface area contributed by atoms with Crippen LogP contribution in [0.5, 0.6) is 0 Å². The lowest BCUT2D eigenvalue weighted by Crippen LogP contribution is -2.27. The van der Waals surface area contributed by atoms with E-state index in [1.54, 1.807) is 11.9 Å². The van der Waals surface area contributed by atoms with Crippen molar-refractivity contribution in [2.45, 2.75) is 12.8 Å². The zero-order chi connectivity index (χ0) is 13.1. The molecule has 2 rings (SSSR count). The fraction of sp³-hybridized carbons (Fsp3) is 0.385. The first-order chi connectivity index (χ1) is 8.58. The smallest absolute Gasteiger partial charge is 0.349 e. The van der Waals surface area contributed by atoms with Crippen LogP contribution in [0.3, 0.4) is 0 Å². The molecule has 1 aliphatic rings. The summed E-state index contributed by atoms with van der Waals surface area (Å²) in [6.45, 7) is 0.980. The number of rotatable bonds is 1. The van der Waals surface area contributed by atoms with Gasteiger partial charge in [-0.25, -0.2) is 4.79 Å². The minimum atomic E-state index is -0.221.